The Morgan fingerprint density at radius 3 is 2.73 bits per heavy atom. The summed E-state index contributed by atoms with van der Waals surface area (Å²) in [6.07, 6.45) is 2.09. The van der Waals surface area contributed by atoms with Crippen LogP contribution in [-0.4, -0.2) is 56.5 Å². The Bertz CT molecular complexity index is 989. The lowest BCUT2D eigenvalue weighted by Gasteiger charge is -2.27. The number of amides is 1. The van der Waals surface area contributed by atoms with E-state index < -0.39 is 9.84 Å². The smallest absolute Gasteiger partial charge is 0.234 e. The van der Waals surface area contributed by atoms with Gasteiger partial charge in [-0.15, -0.1) is 0 Å². The summed E-state index contributed by atoms with van der Waals surface area (Å²) in [7, 11) is -3.06. The molecule has 1 amide bonds. The van der Waals surface area contributed by atoms with Gasteiger partial charge < -0.3 is 19.2 Å². The summed E-state index contributed by atoms with van der Waals surface area (Å²) in [6, 6.07) is 8.81. The summed E-state index contributed by atoms with van der Waals surface area (Å²) in [6.45, 7) is 3.42. The highest BCUT2D eigenvalue weighted by Crippen LogP contribution is 2.32. The third kappa shape index (κ3) is 4.96. The first kappa shape index (κ1) is 20.7. The van der Waals surface area contributed by atoms with Crippen LogP contribution in [0.15, 0.2) is 41.0 Å². The normalized spacial score (nSPS) is 20.8. The number of benzene rings is 1. The van der Waals surface area contributed by atoms with Crippen LogP contribution in [0.3, 0.4) is 0 Å². The van der Waals surface area contributed by atoms with Gasteiger partial charge >= 0.3 is 0 Å². The largest absolute Gasteiger partial charge is 0.486 e. The molecule has 1 aromatic heterocycles. The van der Waals surface area contributed by atoms with Gasteiger partial charge in [0, 0.05) is 6.04 Å². The zero-order chi connectivity index (χ0) is 21.1. The van der Waals surface area contributed by atoms with Gasteiger partial charge in [-0.3, -0.25) is 9.69 Å². The fourth-order valence-electron chi connectivity index (χ4n) is 3.86. The van der Waals surface area contributed by atoms with Crippen LogP contribution in [0.1, 0.15) is 30.7 Å². The van der Waals surface area contributed by atoms with Crippen molar-refractivity contribution >= 4 is 15.7 Å². The lowest BCUT2D eigenvalue weighted by atomic mass is 10.1. The number of ether oxygens (including phenoxy) is 2. The van der Waals surface area contributed by atoms with Crippen LogP contribution in [0.5, 0.6) is 11.5 Å². The van der Waals surface area contributed by atoms with E-state index in [0.717, 1.165) is 5.56 Å². The topological polar surface area (TPSA) is 98.1 Å². The van der Waals surface area contributed by atoms with Crippen molar-refractivity contribution in [2.24, 2.45) is 0 Å². The number of hydrogen-bond acceptors (Lipinski definition) is 7. The molecule has 0 spiro atoms. The highest BCUT2D eigenvalue weighted by molar-refractivity contribution is 7.91. The minimum atomic E-state index is -3.06. The fourth-order valence-corrected chi connectivity index (χ4v) is 5.63. The molecule has 162 valence electrons. The van der Waals surface area contributed by atoms with Gasteiger partial charge in [0.25, 0.3) is 0 Å². The molecule has 0 aliphatic carbocycles. The Morgan fingerprint density at radius 1 is 1.23 bits per heavy atom. The van der Waals surface area contributed by atoms with Crippen molar-refractivity contribution in [2.45, 2.75) is 32.0 Å². The van der Waals surface area contributed by atoms with Gasteiger partial charge in [-0.25, -0.2) is 8.42 Å². The number of fused-ring (bicyclic) bond motifs is 1. The maximum Gasteiger partial charge on any atom is 0.234 e. The molecule has 1 fully saturated rings. The van der Waals surface area contributed by atoms with Crippen LogP contribution < -0.4 is 14.8 Å². The zero-order valence-electron chi connectivity index (χ0n) is 16.9. The molecular weight excluding hydrogens is 408 g/mol. The van der Waals surface area contributed by atoms with Crippen LogP contribution in [0.4, 0.5) is 0 Å². The molecule has 0 radical (unpaired) electrons. The van der Waals surface area contributed by atoms with E-state index in [9.17, 15) is 13.2 Å². The highest BCUT2D eigenvalue weighted by Gasteiger charge is 2.33. The molecule has 1 aromatic carbocycles. The highest BCUT2D eigenvalue weighted by atomic mass is 32.2. The zero-order valence-corrected chi connectivity index (χ0v) is 17.7. The van der Waals surface area contributed by atoms with Gasteiger partial charge in [-0.1, -0.05) is 6.07 Å². The molecule has 8 nitrogen and oxygen atoms in total. The number of furan rings is 1. The molecule has 3 heterocycles. The van der Waals surface area contributed by atoms with Gasteiger partial charge in [-0.05, 0) is 43.2 Å². The molecule has 0 saturated carbocycles. The Labute approximate surface area is 176 Å². The minimum absolute atomic E-state index is 0.0682. The second-order valence-corrected chi connectivity index (χ2v) is 9.96. The van der Waals surface area contributed by atoms with Crippen LogP contribution in [0.2, 0.25) is 0 Å². The lowest BCUT2D eigenvalue weighted by Crippen LogP contribution is -2.43. The molecule has 2 aromatic rings. The van der Waals surface area contributed by atoms with Crippen molar-refractivity contribution in [1.29, 1.82) is 0 Å². The molecule has 2 aliphatic heterocycles. The molecule has 2 unspecified atom stereocenters. The van der Waals surface area contributed by atoms with Crippen molar-refractivity contribution in [1.82, 2.24) is 10.2 Å². The number of nitrogens with zero attached hydrogens (tertiary/aromatic N) is 1. The number of carbonyl (C=O) groups excluding carboxylic acids is 1. The van der Waals surface area contributed by atoms with Crippen LogP contribution in [-0.2, 0) is 21.2 Å². The second-order valence-electron chi connectivity index (χ2n) is 7.73. The van der Waals surface area contributed by atoms with E-state index in [1.807, 2.05) is 36.1 Å². The molecule has 1 saturated heterocycles. The Balaban J connectivity index is 1.41. The van der Waals surface area contributed by atoms with E-state index in [2.05, 4.69) is 5.32 Å². The maximum atomic E-state index is 12.8. The van der Waals surface area contributed by atoms with E-state index in [-0.39, 0.29) is 36.0 Å². The Hall–Kier alpha value is -2.52. The molecular formula is C21H26N2O6S. The van der Waals surface area contributed by atoms with Crippen LogP contribution >= 0.6 is 0 Å². The van der Waals surface area contributed by atoms with E-state index in [1.54, 1.807) is 12.3 Å². The van der Waals surface area contributed by atoms with Gasteiger partial charge in [-0.2, -0.15) is 0 Å². The van der Waals surface area contributed by atoms with E-state index >= 15 is 0 Å². The van der Waals surface area contributed by atoms with E-state index in [0.29, 0.717) is 43.4 Å². The number of carbonyl (C=O) groups is 1. The average molecular weight is 435 g/mol. The van der Waals surface area contributed by atoms with Crippen LogP contribution in [0.25, 0.3) is 0 Å². The molecule has 30 heavy (non-hydrogen) atoms. The van der Waals surface area contributed by atoms with Crippen molar-refractivity contribution < 1.29 is 27.1 Å². The maximum absolute atomic E-state index is 12.8. The predicted molar refractivity (Wildman–Crippen MR) is 110 cm³/mol. The standard InChI is InChI=1S/C21H26N2O6S/c1-15(16-4-5-19-20(11-16)29-9-8-28-19)22-21(24)13-23(12-18-3-2-7-27-18)17-6-10-30(25,26)14-17/h2-5,7,11,15,17H,6,8-10,12-14H2,1H3,(H,22,24). The van der Waals surface area contributed by atoms with Gasteiger partial charge in [0.1, 0.15) is 19.0 Å². The summed E-state index contributed by atoms with van der Waals surface area (Å²) >= 11 is 0. The molecule has 2 atom stereocenters. The van der Waals surface area contributed by atoms with Crippen LogP contribution in [0, 0.1) is 0 Å². The van der Waals surface area contributed by atoms with Gasteiger partial charge in [0.05, 0.1) is 36.9 Å². The monoisotopic (exact) mass is 434 g/mol. The summed E-state index contributed by atoms with van der Waals surface area (Å²) in [5.41, 5.74) is 0.911. The predicted octanol–water partition coefficient (Wildman–Crippen LogP) is 1.92. The van der Waals surface area contributed by atoms with Crippen molar-refractivity contribution in [3.05, 3.63) is 47.9 Å². The molecule has 1 N–H and O–H groups in total. The number of sulfone groups is 1. The quantitative estimate of drug-likeness (QED) is 0.711. The van der Waals surface area contributed by atoms with Crippen molar-refractivity contribution in [2.75, 3.05) is 31.3 Å². The van der Waals surface area contributed by atoms with Gasteiger partial charge in [0.2, 0.25) is 5.91 Å². The SMILES string of the molecule is CC(NC(=O)CN(Cc1ccco1)C1CCS(=O)(=O)C1)c1ccc2c(c1)OCCO2. The second kappa shape index (κ2) is 8.69. The molecule has 2 aliphatic rings. The first-order valence-electron chi connectivity index (χ1n) is 10.1. The van der Waals surface area contributed by atoms with E-state index in [4.69, 9.17) is 13.9 Å². The molecule has 9 heteroatoms. The number of hydrogen-bond donors (Lipinski definition) is 1. The fraction of sp³-hybridized carbons (Fsp3) is 0.476. The van der Waals surface area contributed by atoms with Gasteiger partial charge in [0.15, 0.2) is 21.3 Å². The first-order valence-corrected chi connectivity index (χ1v) is 11.9. The lowest BCUT2D eigenvalue weighted by molar-refractivity contribution is -0.123. The minimum Gasteiger partial charge on any atom is -0.486 e. The number of rotatable bonds is 7. The Morgan fingerprint density at radius 2 is 2.03 bits per heavy atom. The third-order valence-electron chi connectivity index (χ3n) is 5.45. The van der Waals surface area contributed by atoms with Crippen molar-refractivity contribution in [3.63, 3.8) is 0 Å². The summed E-state index contributed by atoms with van der Waals surface area (Å²) in [5.74, 6) is 2.13. The summed E-state index contributed by atoms with van der Waals surface area (Å²) in [5, 5.41) is 3.00. The third-order valence-corrected chi connectivity index (χ3v) is 7.20. The molecule has 4 rings (SSSR count). The summed E-state index contributed by atoms with van der Waals surface area (Å²) < 4.78 is 40.4. The van der Waals surface area contributed by atoms with Crippen molar-refractivity contribution in [3.8, 4) is 11.5 Å². The van der Waals surface area contributed by atoms with E-state index in [1.165, 1.54) is 0 Å². The average Bonchev–Trinajstić information content (AvgIpc) is 3.36. The summed E-state index contributed by atoms with van der Waals surface area (Å²) in [4.78, 5) is 14.7. The molecule has 0 bridgehead atoms. The Kier molecular flexibility index (Phi) is 6.01. The number of nitrogens with one attached hydrogen (secondary N) is 1. The first-order chi connectivity index (χ1) is 14.4.